The molecule has 0 fully saturated rings. The van der Waals surface area contributed by atoms with Crippen LogP contribution in [0.4, 0.5) is 0 Å². The molecule has 0 aliphatic carbocycles. The fraction of sp³-hybridized carbons (Fsp3) is 0.429. The third kappa shape index (κ3) is 2.55. The number of benzene rings is 1. The highest BCUT2D eigenvalue weighted by atomic mass is 79.9. The van der Waals surface area contributed by atoms with E-state index in [9.17, 15) is 0 Å². The number of fused-ring (bicyclic) bond motifs is 1. The minimum Gasteiger partial charge on any atom is -0.358 e. The van der Waals surface area contributed by atoms with Crippen LogP contribution in [0.2, 0.25) is 0 Å². The highest BCUT2D eigenvalue weighted by Gasteiger charge is 2.10. The molecule has 1 aromatic carbocycles. The number of aryl methyl sites for hydroxylation is 2. The monoisotopic (exact) mass is 294 g/mol. The molecule has 2 nitrogen and oxygen atoms in total. The lowest BCUT2D eigenvalue weighted by Crippen LogP contribution is -2.14. The molecule has 17 heavy (non-hydrogen) atoms. The normalized spacial score (nSPS) is 11.3. The van der Waals surface area contributed by atoms with E-state index >= 15 is 0 Å². The molecule has 0 aliphatic heterocycles. The van der Waals surface area contributed by atoms with E-state index in [0.717, 1.165) is 17.6 Å². The van der Waals surface area contributed by atoms with Crippen molar-refractivity contribution in [1.29, 1.82) is 0 Å². The molecule has 0 bridgehead atoms. The molecule has 0 unspecified atom stereocenters. The maximum Gasteiger partial charge on any atom is 0.0489 e. The first kappa shape index (κ1) is 12.7. The Morgan fingerprint density at radius 3 is 2.76 bits per heavy atom. The quantitative estimate of drug-likeness (QED) is 0.818. The van der Waals surface area contributed by atoms with Crippen LogP contribution in [0.5, 0.6) is 0 Å². The standard InChI is InChI=1S/C14H19BrN2/c1-4-5-16-8-13-10(3)17-14-9(2)6-11(15)7-12(13)14/h6-7,16-17H,4-5,8H2,1-3H3. The van der Waals surface area contributed by atoms with Gasteiger partial charge in [0.25, 0.3) is 0 Å². The van der Waals surface area contributed by atoms with Crippen molar-refractivity contribution >= 4 is 26.8 Å². The topological polar surface area (TPSA) is 27.8 Å². The number of hydrogen-bond donors (Lipinski definition) is 2. The second kappa shape index (κ2) is 5.23. The van der Waals surface area contributed by atoms with E-state index in [4.69, 9.17) is 0 Å². The third-order valence-electron chi connectivity index (χ3n) is 3.12. The summed E-state index contributed by atoms with van der Waals surface area (Å²) in [7, 11) is 0. The molecule has 0 saturated heterocycles. The van der Waals surface area contributed by atoms with E-state index in [1.165, 1.54) is 34.1 Å². The Morgan fingerprint density at radius 2 is 2.06 bits per heavy atom. The summed E-state index contributed by atoms with van der Waals surface area (Å²) in [5.74, 6) is 0. The summed E-state index contributed by atoms with van der Waals surface area (Å²) in [6.07, 6.45) is 1.17. The van der Waals surface area contributed by atoms with Crippen molar-refractivity contribution in [2.24, 2.45) is 0 Å². The van der Waals surface area contributed by atoms with Crippen molar-refractivity contribution in [2.45, 2.75) is 33.7 Å². The lowest BCUT2D eigenvalue weighted by molar-refractivity contribution is 0.675. The Balaban J connectivity index is 2.43. The highest BCUT2D eigenvalue weighted by Crippen LogP contribution is 2.28. The van der Waals surface area contributed by atoms with Crippen LogP contribution in [0.25, 0.3) is 10.9 Å². The number of H-pyrrole nitrogens is 1. The zero-order valence-corrected chi connectivity index (χ0v) is 12.2. The molecular weight excluding hydrogens is 276 g/mol. The van der Waals surface area contributed by atoms with Crippen molar-refractivity contribution < 1.29 is 0 Å². The molecule has 2 rings (SSSR count). The number of halogens is 1. The maximum atomic E-state index is 3.57. The fourth-order valence-corrected chi connectivity index (χ4v) is 2.80. The van der Waals surface area contributed by atoms with Gasteiger partial charge in [-0.2, -0.15) is 0 Å². The predicted molar refractivity (Wildman–Crippen MR) is 77.5 cm³/mol. The molecule has 2 aromatic rings. The molecular formula is C14H19BrN2. The number of aromatic nitrogens is 1. The number of hydrogen-bond acceptors (Lipinski definition) is 1. The van der Waals surface area contributed by atoms with Gasteiger partial charge in [0.05, 0.1) is 0 Å². The minimum absolute atomic E-state index is 0.940. The molecule has 3 heteroatoms. The molecule has 0 radical (unpaired) electrons. The van der Waals surface area contributed by atoms with Crippen LogP contribution in [-0.2, 0) is 6.54 Å². The van der Waals surface area contributed by atoms with Gasteiger partial charge in [-0.25, -0.2) is 0 Å². The van der Waals surface area contributed by atoms with Crippen LogP contribution >= 0.6 is 15.9 Å². The van der Waals surface area contributed by atoms with Crippen LogP contribution in [-0.4, -0.2) is 11.5 Å². The summed E-state index contributed by atoms with van der Waals surface area (Å²) in [6.45, 7) is 8.49. The summed E-state index contributed by atoms with van der Waals surface area (Å²) in [5, 5.41) is 4.81. The highest BCUT2D eigenvalue weighted by molar-refractivity contribution is 9.10. The summed E-state index contributed by atoms with van der Waals surface area (Å²) in [4.78, 5) is 3.49. The second-order valence-corrected chi connectivity index (χ2v) is 5.47. The van der Waals surface area contributed by atoms with Crippen LogP contribution in [0, 0.1) is 13.8 Å². The van der Waals surface area contributed by atoms with E-state index in [2.05, 4.69) is 59.1 Å². The number of nitrogens with one attached hydrogen (secondary N) is 2. The van der Waals surface area contributed by atoms with E-state index in [-0.39, 0.29) is 0 Å². The van der Waals surface area contributed by atoms with Crippen molar-refractivity contribution in [3.8, 4) is 0 Å². The summed E-state index contributed by atoms with van der Waals surface area (Å²) >= 11 is 3.57. The first-order valence-corrected chi connectivity index (χ1v) is 6.90. The van der Waals surface area contributed by atoms with Gasteiger partial charge < -0.3 is 10.3 Å². The van der Waals surface area contributed by atoms with Crippen LogP contribution in [0.3, 0.4) is 0 Å². The van der Waals surface area contributed by atoms with Crippen molar-refractivity contribution in [3.63, 3.8) is 0 Å². The molecule has 2 N–H and O–H groups in total. The smallest absolute Gasteiger partial charge is 0.0489 e. The average molecular weight is 295 g/mol. The van der Waals surface area contributed by atoms with E-state index in [0.29, 0.717) is 0 Å². The van der Waals surface area contributed by atoms with E-state index < -0.39 is 0 Å². The summed E-state index contributed by atoms with van der Waals surface area (Å²) in [6, 6.07) is 4.36. The largest absolute Gasteiger partial charge is 0.358 e. The van der Waals surface area contributed by atoms with Gasteiger partial charge in [-0.15, -0.1) is 0 Å². The molecule has 0 amide bonds. The van der Waals surface area contributed by atoms with Gasteiger partial charge in [-0.05, 0) is 50.1 Å². The van der Waals surface area contributed by atoms with Gasteiger partial charge in [-0.1, -0.05) is 22.9 Å². The lowest BCUT2D eigenvalue weighted by Gasteiger charge is -2.04. The molecule has 92 valence electrons. The molecule has 0 saturated carbocycles. The summed E-state index contributed by atoms with van der Waals surface area (Å²) in [5.41, 5.74) is 5.21. The zero-order chi connectivity index (χ0) is 12.4. The number of rotatable bonds is 4. The zero-order valence-electron chi connectivity index (χ0n) is 10.7. The summed E-state index contributed by atoms with van der Waals surface area (Å²) < 4.78 is 1.15. The van der Waals surface area contributed by atoms with Crippen LogP contribution < -0.4 is 5.32 Å². The SMILES string of the molecule is CCCNCc1c(C)[nH]c2c(C)cc(Br)cc12. The molecule has 1 heterocycles. The van der Waals surface area contributed by atoms with Crippen molar-refractivity contribution in [1.82, 2.24) is 10.3 Å². The van der Waals surface area contributed by atoms with Gasteiger partial charge in [0, 0.05) is 27.6 Å². The average Bonchev–Trinajstić information content (AvgIpc) is 2.57. The Morgan fingerprint density at radius 1 is 1.29 bits per heavy atom. The maximum absolute atomic E-state index is 3.57. The first-order valence-electron chi connectivity index (χ1n) is 6.11. The van der Waals surface area contributed by atoms with Crippen LogP contribution in [0.15, 0.2) is 16.6 Å². The van der Waals surface area contributed by atoms with Gasteiger partial charge in [0.15, 0.2) is 0 Å². The van der Waals surface area contributed by atoms with Gasteiger partial charge >= 0.3 is 0 Å². The Bertz CT molecular complexity index is 528. The molecule has 0 atom stereocenters. The number of aromatic amines is 1. The molecule has 1 aromatic heterocycles. The molecule has 0 spiro atoms. The third-order valence-corrected chi connectivity index (χ3v) is 3.58. The van der Waals surface area contributed by atoms with Gasteiger partial charge in [0.2, 0.25) is 0 Å². The van der Waals surface area contributed by atoms with Gasteiger partial charge in [-0.3, -0.25) is 0 Å². The predicted octanol–water partition coefficient (Wildman–Crippen LogP) is 4.05. The van der Waals surface area contributed by atoms with E-state index in [1.54, 1.807) is 0 Å². The Kier molecular flexibility index (Phi) is 3.89. The fourth-order valence-electron chi connectivity index (χ4n) is 2.23. The van der Waals surface area contributed by atoms with Crippen LogP contribution in [0.1, 0.15) is 30.2 Å². The van der Waals surface area contributed by atoms with Crippen molar-refractivity contribution in [2.75, 3.05) is 6.54 Å². The van der Waals surface area contributed by atoms with E-state index in [1.807, 2.05) is 0 Å². The molecule has 0 aliphatic rings. The lowest BCUT2D eigenvalue weighted by atomic mass is 10.1. The minimum atomic E-state index is 0.940. The first-order chi connectivity index (χ1) is 8.13. The van der Waals surface area contributed by atoms with Gasteiger partial charge in [0.1, 0.15) is 0 Å². The Hall–Kier alpha value is -0.800. The van der Waals surface area contributed by atoms with Crippen molar-refractivity contribution in [3.05, 3.63) is 33.4 Å². The second-order valence-electron chi connectivity index (χ2n) is 4.55. The Labute approximate surface area is 111 Å².